The Hall–Kier alpha value is -3.88. The van der Waals surface area contributed by atoms with Gasteiger partial charge in [0.1, 0.15) is 23.2 Å². The molecule has 0 fully saturated rings. The molecule has 0 saturated carbocycles. The summed E-state index contributed by atoms with van der Waals surface area (Å²) in [6, 6.07) is 9.87. The molecule has 0 aliphatic carbocycles. The summed E-state index contributed by atoms with van der Waals surface area (Å²) < 4.78 is 14.5. The number of nitro benzene ring substituents is 1. The van der Waals surface area contributed by atoms with Crippen LogP contribution in [0.5, 0.6) is 0 Å². The molecule has 4 aromatic rings. The van der Waals surface area contributed by atoms with Crippen LogP contribution >= 0.6 is 0 Å². The molecule has 0 unspecified atom stereocenters. The molecule has 0 saturated heterocycles. The lowest BCUT2D eigenvalue weighted by atomic mass is 10.2. The first kappa shape index (κ1) is 15.6. The monoisotopic (exact) mass is 351 g/mol. The average molecular weight is 351 g/mol. The number of benzene rings is 2. The SMILES string of the molecule is O=c1c2[nH]c3ccc(F)cc3c2ncn1N=Cc1ccc([N+](=O)[O-])cc1. The molecule has 0 atom stereocenters. The molecule has 1 N–H and O–H groups in total. The summed E-state index contributed by atoms with van der Waals surface area (Å²) in [4.78, 5) is 29.8. The van der Waals surface area contributed by atoms with E-state index in [2.05, 4.69) is 15.1 Å². The second-order valence-electron chi connectivity index (χ2n) is 5.53. The predicted octanol–water partition coefficient (Wildman–Crippen LogP) is 2.81. The summed E-state index contributed by atoms with van der Waals surface area (Å²) in [5.74, 6) is -0.416. The molecule has 0 aliphatic rings. The van der Waals surface area contributed by atoms with Gasteiger partial charge in [-0.1, -0.05) is 0 Å². The van der Waals surface area contributed by atoms with Crippen LogP contribution in [0.2, 0.25) is 0 Å². The van der Waals surface area contributed by atoms with Crippen molar-refractivity contribution in [3.8, 4) is 0 Å². The summed E-state index contributed by atoms with van der Waals surface area (Å²) in [7, 11) is 0. The maximum Gasteiger partial charge on any atom is 0.298 e. The highest BCUT2D eigenvalue weighted by Gasteiger charge is 2.11. The molecule has 0 bridgehead atoms. The second-order valence-corrected chi connectivity index (χ2v) is 5.53. The van der Waals surface area contributed by atoms with Gasteiger partial charge in [0, 0.05) is 23.0 Å². The number of rotatable bonds is 3. The third kappa shape index (κ3) is 2.61. The fourth-order valence-corrected chi connectivity index (χ4v) is 2.61. The summed E-state index contributed by atoms with van der Waals surface area (Å²) >= 11 is 0. The van der Waals surface area contributed by atoms with Gasteiger partial charge in [0.15, 0.2) is 0 Å². The molecule has 0 aliphatic heterocycles. The van der Waals surface area contributed by atoms with E-state index in [0.29, 0.717) is 22.0 Å². The third-order valence-electron chi connectivity index (χ3n) is 3.89. The number of aromatic nitrogens is 3. The van der Waals surface area contributed by atoms with Gasteiger partial charge in [-0.25, -0.2) is 9.37 Å². The molecule has 128 valence electrons. The average Bonchev–Trinajstić information content (AvgIpc) is 3.00. The Morgan fingerprint density at radius 1 is 1.23 bits per heavy atom. The van der Waals surface area contributed by atoms with Crippen molar-refractivity contribution in [3.63, 3.8) is 0 Å². The number of aromatic amines is 1. The summed E-state index contributed by atoms with van der Waals surface area (Å²) in [5.41, 5.74) is 1.29. The van der Waals surface area contributed by atoms with Crippen LogP contribution in [0.4, 0.5) is 10.1 Å². The maximum absolute atomic E-state index is 13.4. The first-order chi connectivity index (χ1) is 12.5. The molecule has 8 nitrogen and oxygen atoms in total. The second kappa shape index (κ2) is 5.88. The van der Waals surface area contributed by atoms with E-state index in [1.54, 1.807) is 0 Å². The lowest BCUT2D eigenvalue weighted by Gasteiger charge is -1.98. The Balaban J connectivity index is 1.75. The number of hydrogen-bond donors (Lipinski definition) is 1. The van der Waals surface area contributed by atoms with Crippen LogP contribution in [0, 0.1) is 15.9 Å². The zero-order valence-corrected chi connectivity index (χ0v) is 13.1. The van der Waals surface area contributed by atoms with E-state index in [-0.39, 0.29) is 11.2 Å². The molecule has 2 aromatic carbocycles. The van der Waals surface area contributed by atoms with Crippen molar-refractivity contribution in [2.45, 2.75) is 0 Å². The van der Waals surface area contributed by atoms with Gasteiger partial charge in [0.2, 0.25) is 0 Å². The number of nitrogens with one attached hydrogen (secondary N) is 1. The number of halogens is 1. The maximum atomic E-state index is 13.4. The van der Waals surface area contributed by atoms with E-state index >= 15 is 0 Å². The number of H-pyrrole nitrogens is 1. The Morgan fingerprint density at radius 3 is 2.73 bits per heavy atom. The van der Waals surface area contributed by atoms with Gasteiger partial charge >= 0.3 is 0 Å². The van der Waals surface area contributed by atoms with Gasteiger partial charge in [-0.3, -0.25) is 14.9 Å². The van der Waals surface area contributed by atoms with Crippen LogP contribution in [-0.4, -0.2) is 25.8 Å². The van der Waals surface area contributed by atoms with Crippen LogP contribution in [0.25, 0.3) is 21.9 Å². The van der Waals surface area contributed by atoms with E-state index < -0.39 is 16.3 Å². The highest BCUT2D eigenvalue weighted by atomic mass is 19.1. The van der Waals surface area contributed by atoms with Gasteiger partial charge < -0.3 is 4.98 Å². The molecule has 0 spiro atoms. The Labute approximate surface area is 144 Å². The van der Waals surface area contributed by atoms with Crippen LogP contribution in [-0.2, 0) is 0 Å². The third-order valence-corrected chi connectivity index (χ3v) is 3.89. The lowest BCUT2D eigenvalue weighted by Crippen LogP contribution is -2.17. The van der Waals surface area contributed by atoms with E-state index in [4.69, 9.17) is 0 Å². The van der Waals surface area contributed by atoms with Crippen molar-refractivity contribution in [2.24, 2.45) is 5.10 Å². The highest BCUT2D eigenvalue weighted by molar-refractivity contribution is 6.04. The van der Waals surface area contributed by atoms with E-state index in [9.17, 15) is 19.3 Å². The van der Waals surface area contributed by atoms with Gasteiger partial charge in [0.05, 0.1) is 11.1 Å². The van der Waals surface area contributed by atoms with Crippen molar-refractivity contribution in [1.82, 2.24) is 14.6 Å². The number of non-ortho nitro benzene ring substituents is 1. The molecule has 26 heavy (non-hydrogen) atoms. The molecule has 9 heteroatoms. The molecular formula is C17H10FN5O3. The van der Waals surface area contributed by atoms with Gasteiger partial charge in [0.25, 0.3) is 11.2 Å². The Bertz CT molecular complexity index is 1240. The molecular weight excluding hydrogens is 341 g/mol. The van der Waals surface area contributed by atoms with E-state index in [1.165, 1.54) is 55.0 Å². The molecule has 2 aromatic heterocycles. The van der Waals surface area contributed by atoms with E-state index in [0.717, 1.165) is 4.68 Å². The molecule has 0 amide bonds. The Kier molecular flexibility index (Phi) is 3.54. The van der Waals surface area contributed by atoms with Crippen molar-refractivity contribution in [1.29, 1.82) is 0 Å². The minimum absolute atomic E-state index is 0.0345. The van der Waals surface area contributed by atoms with Crippen molar-refractivity contribution in [3.05, 3.63) is 80.6 Å². The molecule has 2 heterocycles. The van der Waals surface area contributed by atoms with Crippen molar-refractivity contribution in [2.75, 3.05) is 0 Å². The van der Waals surface area contributed by atoms with Gasteiger partial charge in [-0.05, 0) is 35.9 Å². The van der Waals surface area contributed by atoms with Crippen LogP contribution in [0.1, 0.15) is 5.56 Å². The van der Waals surface area contributed by atoms with Gasteiger partial charge in [-0.2, -0.15) is 9.78 Å². The first-order valence-corrected chi connectivity index (χ1v) is 7.50. The predicted molar refractivity (Wildman–Crippen MR) is 93.9 cm³/mol. The summed E-state index contributed by atoms with van der Waals surface area (Å²) in [6.45, 7) is 0. The number of nitrogens with zero attached hydrogens (tertiary/aromatic N) is 4. The van der Waals surface area contributed by atoms with Crippen LogP contribution in [0.15, 0.2) is 58.7 Å². The fraction of sp³-hybridized carbons (Fsp3) is 0. The smallest absolute Gasteiger partial charge is 0.298 e. The first-order valence-electron chi connectivity index (χ1n) is 7.50. The largest absolute Gasteiger partial charge is 0.349 e. The highest BCUT2D eigenvalue weighted by Crippen LogP contribution is 2.22. The summed E-state index contributed by atoms with van der Waals surface area (Å²) in [6.07, 6.45) is 2.63. The van der Waals surface area contributed by atoms with Crippen LogP contribution < -0.4 is 5.56 Å². The number of nitro groups is 1. The van der Waals surface area contributed by atoms with E-state index in [1.807, 2.05) is 0 Å². The van der Waals surface area contributed by atoms with Crippen LogP contribution in [0.3, 0.4) is 0 Å². The Morgan fingerprint density at radius 2 is 2.00 bits per heavy atom. The summed E-state index contributed by atoms with van der Waals surface area (Å²) in [5, 5.41) is 15.2. The number of hydrogen-bond acceptors (Lipinski definition) is 5. The minimum Gasteiger partial charge on any atom is -0.349 e. The zero-order chi connectivity index (χ0) is 18.3. The lowest BCUT2D eigenvalue weighted by molar-refractivity contribution is -0.384. The molecule has 0 radical (unpaired) electrons. The quantitative estimate of drug-likeness (QED) is 0.348. The van der Waals surface area contributed by atoms with Gasteiger partial charge in [-0.15, -0.1) is 0 Å². The number of fused-ring (bicyclic) bond motifs is 3. The molecule has 4 rings (SSSR count). The topological polar surface area (TPSA) is 106 Å². The standard InChI is InChI=1S/C17H10FN5O3/c18-11-3-6-14-13(7-11)15-16(21-14)17(24)22(9-19-15)20-8-10-1-4-12(5-2-10)23(25)26/h1-9,21H. The van der Waals surface area contributed by atoms with Crippen molar-refractivity contribution >= 4 is 33.8 Å². The van der Waals surface area contributed by atoms with Crippen molar-refractivity contribution < 1.29 is 9.31 Å². The fourth-order valence-electron chi connectivity index (χ4n) is 2.61. The zero-order valence-electron chi connectivity index (χ0n) is 13.1. The minimum atomic E-state index is -0.498. The normalized spacial score (nSPS) is 11.6.